The number of sulfone groups is 1. The molecule has 0 spiro atoms. The minimum absolute atomic E-state index is 0.0219. The molecule has 0 N–H and O–H groups in total. The Morgan fingerprint density at radius 3 is 2.83 bits per heavy atom. The molecule has 1 aliphatic heterocycles. The van der Waals surface area contributed by atoms with Crippen LogP contribution >= 0.6 is 23.4 Å². The number of carbonyl (C=O) groups is 1. The number of thioether (sulfide) groups is 1. The smallest absolute Gasteiger partial charge is 0.277 e. The third kappa shape index (κ3) is 5.64. The number of carbonyl (C=O) groups excluding carboxylic acids is 1. The van der Waals surface area contributed by atoms with Crippen LogP contribution in [-0.4, -0.2) is 58.8 Å². The van der Waals surface area contributed by atoms with E-state index in [9.17, 15) is 13.2 Å². The lowest BCUT2D eigenvalue weighted by atomic mass is 10.2. The molecule has 0 saturated carbocycles. The van der Waals surface area contributed by atoms with Crippen molar-refractivity contribution in [1.29, 1.82) is 0 Å². The number of rotatable bonds is 8. The van der Waals surface area contributed by atoms with Gasteiger partial charge in [-0.15, -0.1) is 10.2 Å². The maximum atomic E-state index is 12.8. The average Bonchev–Trinajstić information content (AvgIpc) is 3.27. The van der Waals surface area contributed by atoms with Crippen molar-refractivity contribution in [2.45, 2.75) is 43.4 Å². The van der Waals surface area contributed by atoms with Crippen LogP contribution in [0.1, 0.15) is 26.2 Å². The number of amides is 1. The van der Waals surface area contributed by atoms with E-state index < -0.39 is 15.1 Å². The second-order valence-corrected chi connectivity index (χ2v) is 10.5. The Bertz CT molecular complexity index is 966. The Morgan fingerprint density at radius 2 is 2.17 bits per heavy atom. The quantitative estimate of drug-likeness (QED) is 0.555. The van der Waals surface area contributed by atoms with E-state index >= 15 is 0 Å². The molecule has 2 atom stereocenters. The SMILES string of the molecule is CCN(C(=O)C(C)Sc1nnc(COc2ccccc2Cl)o1)C1CCS(=O)(=O)C1. The molecule has 1 aromatic heterocycles. The Balaban J connectivity index is 1.57. The van der Waals surface area contributed by atoms with E-state index in [4.69, 9.17) is 20.8 Å². The maximum Gasteiger partial charge on any atom is 0.277 e. The van der Waals surface area contributed by atoms with Crippen molar-refractivity contribution < 1.29 is 22.4 Å². The van der Waals surface area contributed by atoms with Gasteiger partial charge in [0.1, 0.15) is 5.75 Å². The summed E-state index contributed by atoms with van der Waals surface area (Å²) in [7, 11) is -3.06. The van der Waals surface area contributed by atoms with Crippen LogP contribution in [0.3, 0.4) is 0 Å². The van der Waals surface area contributed by atoms with Crippen molar-refractivity contribution in [1.82, 2.24) is 15.1 Å². The average molecular weight is 460 g/mol. The molecule has 158 valence electrons. The predicted molar refractivity (Wildman–Crippen MR) is 110 cm³/mol. The van der Waals surface area contributed by atoms with Gasteiger partial charge in [-0.05, 0) is 32.4 Å². The minimum atomic E-state index is -3.06. The predicted octanol–water partition coefficient (Wildman–Crippen LogP) is 2.82. The zero-order valence-corrected chi connectivity index (χ0v) is 18.5. The molecule has 0 bridgehead atoms. The molecule has 1 saturated heterocycles. The van der Waals surface area contributed by atoms with Gasteiger partial charge in [0.2, 0.25) is 5.91 Å². The van der Waals surface area contributed by atoms with Crippen LogP contribution < -0.4 is 4.74 Å². The molecule has 3 rings (SSSR count). The minimum Gasteiger partial charge on any atom is -0.482 e. The number of hydrogen-bond acceptors (Lipinski definition) is 8. The van der Waals surface area contributed by atoms with Gasteiger partial charge in [-0.3, -0.25) is 4.79 Å². The molecule has 1 aromatic carbocycles. The van der Waals surface area contributed by atoms with Crippen molar-refractivity contribution in [3.05, 3.63) is 35.2 Å². The van der Waals surface area contributed by atoms with Crippen LogP contribution in [-0.2, 0) is 21.2 Å². The first-order valence-electron chi connectivity index (χ1n) is 9.16. The van der Waals surface area contributed by atoms with Crippen molar-refractivity contribution in [2.24, 2.45) is 0 Å². The molecule has 11 heteroatoms. The fraction of sp³-hybridized carbons (Fsp3) is 0.500. The summed E-state index contributed by atoms with van der Waals surface area (Å²) >= 11 is 7.18. The monoisotopic (exact) mass is 459 g/mol. The highest BCUT2D eigenvalue weighted by Crippen LogP contribution is 2.27. The topological polar surface area (TPSA) is 103 Å². The second-order valence-electron chi connectivity index (χ2n) is 6.62. The Labute approximate surface area is 178 Å². The summed E-state index contributed by atoms with van der Waals surface area (Å²) in [5.41, 5.74) is 0. The zero-order chi connectivity index (χ0) is 21.0. The highest BCUT2D eigenvalue weighted by Gasteiger charge is 2.35. The van der Waals surface area contributed by atoms with E-state index in [-0.39, 0.29) is 41.2 Å². The summed E-state index contributed by atoms with van der Waals surface area (Å²) in [6.07, 6.45) is 0.476. The van der Waals surface area contributed by atoms with Crippen LogP contribution in [0.4, 0.5) is 0 Å². The highest BCUT2D eigenvalue weighted by molar-refractivity contribution is 8.00. The number of halogens is 1. The van der Waals surface area contributed by atoms with E-state index in [0.717, 1.165) is 11.8 Å². The molecule has 8 nitrogen and oxygen atoms in total. The van der Waals surface area contributed by atoms with Gasteiger partial charge < -0.3 is 14.1 Å². The molecule has 2 unspecified atom stereocenters. The molecule has 0 aliphatic carbocycles. The fourth-order valence-corrected chi connectivity index (χ4v) is 5.79. The summed E-state index contributed by atoms with van der Waals surface area (Å²) < 4.78 is 34.6. The Morgan fingerprint density at radius 1 is 1.41 bits per heavy atom. The van der Waals surface area contributed by atoms with Crippen LogP contribution in [0.15, 0.2) is 33.9 Å². The molecular formula is C18H22ClN3O5S2. The number of para-hydroxylation sites is 1. The molecule has 1 amide bonds. The van der Waals surface area contributed by atoms with Crippen LogP contribution in [0.5, 0.6) is 5.75 Å². The largest absolute Gasteiger partial charge is 0.482 e. The van der Waals surface area contributed by atoms with E-state index in [1.807, 2.05) is 6.92 Å². The van der Waals surface area contributed by atoms with Gasteiger partial charge in [0.05, 0.1) is 21.8 Å². The zero-order valence-electron chi connectivity index (χ0n) is 16.1. The maximum absolute atomic E-state index is 12.8. The lowest BCUT2D eigenvalue weighted by molar-refractivity contribution is -0.131. The molecular weight excluding hydrogens is 438 g/mol. The lowest BCUT2D eigenvalue weighted by Crippen LogP contribution is -2.44. The molecule has 29 heavy (non-hydrogen) atoms. The fourth-order valence-electron chi connectivity index (χ4n) is 3.10. The van der Waals surface area contributed by atoms with Crippen molar-refractivity contribution >= 4 is 39.1 Å². The van der Waals surface area contributed by atoms with Gasteiger partial charge in [-0.2, -0.15) is 0 Å². The van der Waals surface area contributed by atoms with Crippen LogP contribution in [0.25, 0.3) is 0 Å². The normalized spacial score (nSPS) is 19.1. The highest BCUT2D eigenvalue weighted by atomic mass is 35.5. The summed E-state index contributed by atoms with van der Waals surface area (Å²) in [6.45, 7) is 4.09. The number of ether oxygens (including phenoxy) is 1. The summed E-state index contributed by atoms with van der Waals surface area (Å²) in [6, 6.07) is 6.78. The van der Waals surface area contributed by atoms with Crippen molar-refractivity contribution in [3.8, 4) is 5.75 Å². The number of hydrogen-bond donors (Lipinski definition) is 0. The van der Waals surface area contributed by atoms with E-state index in [1.165, 1.54) is 0 Å². The molecule has 0 radical (unpaired) electrons. The standard InChI is InChI=1S/C18H22ClN3O5S2/c1-3-22(13-8-9-29(24,25)11-13)17(23)12(2)28-18-21-20-16(27-18)10-26-15-7-5-4-6-14(15)19/h4-7,12-13H,3,8-11H2,1-2H3. The van der Waals surface area contributed by atoms with Gasteiger partial charge in [0, 0.05) is 12.6 Å². The third-order valence-electron chi connectivity index (χ3n) is 4.53. The molecule has 1 fully saturated rings. The molecule has 1 aliphatic rings. The van der Waals surface area contributed by atoms with Gasteiger partial charge >= 0.3 is 0 Å². The second kappa shape index (κ2) is 9.36. The van der Waals surface area contributed by atoms with E-state index in [1.54, 1.807) is 36.1 Å². The first kappa shape index (κ1) is 21.9. The first-order valence-corrected chi connectivity index (χ1v) is 12.2. The van der Waals surface area contributed by atoms with E-state index in [0.29, 0.717) is 23.7 Å². The van der Waals surface area contributed by atoms with E-state index in [2.05, 4.69) is 10.2 Å². The van der Waals surface area contributed by atoms with Crippen LogP contribution in [0.2, 0.25) is 5.02 Å². The van der Waals surface area contributed by atoms with Crippen LogP contribution in [0, 0.1) is 0 Å². The van der Waals surface area contributed by atoms with Gasteiger partial charge in [-0.1, -0.05) is 35.5 Å². The third-order valence-corrected chi connectivity index (χ3v) is 7.52. The van der Waals surface area contributed by atoms with Crippen molar-refractivity contribution in [3.63, 3.8) is 0 Å². The van der Waals surface area contributed by atoms with Gasteiger partial charge in [-0.25, -0.2) is 8.42 Å². The van der Waals surface area contributed by atoms with Gasteiger partial charge in [0.15, 0.2) is 16.4 Å². The molecule has 2 aromatic rings. The summed E-state index contributed by atoms with van der Waals surface area (Å²) in [5.74, 6) is 0.776. The first-order chi connectivity index (χ1) is 13.8. The van der Waals surface area contributed by atoms with Gasteiger partial charge in [0.25, 0.3) is 11.1 Å². The molecule has 2 heterocycles. The summed E-state index contributed by atoms with van der Waals surface area (Å²) in [5, 5.41) is 8.11. The lowest BCUT2D eigenvalue weighted by Gasteiger charge is -2.28. The Hall–Kier alpha value is -1.78. The number of aromatic nitrogens is 2. The number of benzene rings is 1. The Kier molecular flexibility index (Phi) is 7.07. The van der Waals surface area contributed by atoms with Crippen molar-refractivity contribution in [2.75, 3.05) is 18.1 Å². The number of nitrogens with zero attached hydrogens (tertiary/aromatic N) is 3. The summed E-state index contributed by atoms with van der Waals surface area (Å²) in [4.78, 5) is 14.4.